The van der Waals surface area contributed by atoms with Crippen molar-refractivity contribution in [2.75, 3.05) is 14.2 Å². The number of rotatable bonds is 5. The summed E-state index contributed by atoms with van der Waals surface area (Å²) in [6.45, 7) is 1.96. The van der Waals surface area contributed by atoms with Gasteiger partial charge < -0.3 is 9.47 Å². The third-order valence-electron chi connectivity index (χ3n) is 3.32. The van der Waals surface area contributed by atoms with Gasteiger partial charge in [0.2, 0.25) is 0 Å². The van der Waals surface area contributed by atoms with Crippen molar-refractivity contribution in [2.45, 2.75) is 13.3 Å². The van der Waals surface area contributed by atoms with Gasteiger partial charge in [-0.05, 0) is 30.7 Å². The molecule has 0 saturated carbocycles. The molecule has 2 aromatic carbocycles. The standard InChI is InChI=1S/C17H17BrO3/c1-11-8-17(21-3)13(10-14(11)18)15(19)9-12-6-4-5-7-16(12)20-2/h4-8,10H,9H2,1-3H3. The van der Waals surface area contributed by atoms with E-state index in [-0.39, 0.29) is 12.2 Å². The molecule has 21 heavy (non-hydrogen) atoms. The lowest BCUT2D eigenvalue weighted by molar-refractivity contribution is 0.0989. The zero-order chi connectivity index (χ0) is 15.4. The van der Waals surface area contributed by atoms with Crippen molar-refractivity contribution in [3.8, 4) is 11.5 Å². The topological polar surface area (TPSA) is 35.5 Å². The number of hydrogen-bond acceptors (Lipinski definition) is 3. The lowest BCUT2D eigenvalue weighted by atomic mass is 10.0. The lowest BCUT2D eigenvalue weighted by Crippen LogP contribution is -2.07. The van der Waals surface area contributed by atoms with Crippen LogP contribution in [-0.2, 0) is 6.42 Å². The van der Waals surface area contributed by atoms with Gasteiger partial charge in [0.1, 0.15) is 11.5 Å². The number of ketones is 1. The van der Waals surface area contributed by atoms with Crippen molar-refractivity contribution < 1.29 is 14.3 Å². The molecule has 0 amide bonds. The minimum absolute atomic E-state index is 0.00273. The van der Waals surface area contributed by atoms with E-state index in [0.29, 0.717) is 11.3 Å². The number of ether oxygens (including phenoxy) is 2. The Labute approximate surface area is 133 Å². The summed E-state index contributed by atoms with van der Waals surface area (Å²) in [6, 6.07) is 11.2. The fourth-order valence-electron chi connectivity index (χ4n) is 2.16. The first-order chi connectivity index (χ1) is 10.1. The molecule has 0 radical (unpaired) electrons. The van der Waals surface area contributed by atoms with E-state index in [9.17, 15) is 4.79 Å². The first-order valence-corrected chi connectivity index (χ1v) is 7.35. The quantitative estimate of drug-likeness (QED) is 0.759. The van der Waals surface area contributed by atoms with E-state index >= 15 is 0 Å². The van der Waals surface area contributed by atoms with Crippen LogP contribution in [0.4, 0.5) is 0 Å². The summed E-state index contributed by atoms with van der Waals surface area (Å²) in [5, 5.41) is 0. The Morgan fingerprint density at radius 1 is 1.10 bits per heavy atom. The van der Waals surface area contributed by atoms with Crippen LogP contribution in [0.1, 0.15) is 21.5 Å². The average molecular weight is 349 g/mol. The average Bonchev–Trinajstić information content (AvgIpc) is 2.50. The van der Waals surface area contributed by atoms with Crippen LogP contribution in [-0.4, -0.2) is 20.0 Å². The summed E-state index contributed by atoms with van der Waals surface area (Å²) in [5.41, 5.74) is 2.46. The monoisotopic (exact) mass is 348 g/mol. The maximum Gasteiger partial charge on any atom is 0.171 e. The van der Waals surface area contributed by atoms with Crippen molar-refractivity contribution in [2.24, 2.45) is 0 Å². The maximum absolute atomic E-state index is 12.6. The second kappa shape index (κ2) is 6.76. The number of carbonyl (C=O) groups excluding carboxylic acids is 1. The Bertz CT molecular complexity index is 665. The van der Waals surface area contributed by atoms with Crippen LogP contribution in [0.5, 0.6) is 11.5 Å². The molecule has 0 spiro atoms. The van der Waals surface area contributed by atoms with Crippen LogP contribution in [0, 0.1) is 6.92 Å². The predicted octanol–water partition coefficient (Wildman–Crippen LogP) is 4.20. The van der Waals surface area contributed by atoms with Gasteiger partial charge in [0.25, 0.3) is 0 Å². The van der Waals surface area contributed by atoms with Gasteiger partial charge in [-0.25, -0.2) is 0 Å². The highest BCUT2D eigenvalue weighted by Gasteiger charge is 2.16. The maximum atomic E-state index is 12.6. The van der Waals surface area contributed by atoms with Gasteiger partial charge in [-0.1, -0.05) is 34.1 Å². The van der Waals surface area contributed by atoms with E-state index in [4.69, 9.17) is 9.47 Å². The lowest BCUT2D eigenvalue weighted by Gasteiger charge is -2.12. The third kappa shape index (κ3) is 3.45. The van der Waals surface area contributed by atoms with Crippen molar-refractivity contribution in [3.05, 3.63) is 57.6 Å². The molecule has 4 heteroatoms. The van der Waals surface area contributed by atoms with Gasteiger partial charge in [0.05, 0.1) is 19.8 Å². The van der Waals surface area contributed by atoms with E-state index in [1.807, 2.05) is 43.3 Å². The molecule has 0 fully saturated rings. The Hall–Kier alpha value is -1.81. The predicted molar refractivity (Wildman–Crippen MR) is 86.5 cm³/mol. The molecule has 0 aliphatic rings. The SMILES string of the molecule is COc1ccccc1CC(=O)c1cc(Br)c(C)cc1OC. The highest BCUT2D eigenvalue weighted by Crippen LogP contribution is 2.29. The van der Waals surface area contributed by atoms with Crippen LogP contribution in [0.2, 0.25) is 0 Å². The molecule has 0 saturated heterocycles. The zero-order valence-electron chi connectivity index (χ0n) is 12.3. The second-order valence-corrected chi connectivity index (χ2v) is 5.57. The van der Waals surface area contributed by atoms with E-state index in [0.717, 1.165) is 21.3 Å². The molecule has 2 rings (SSSR count). The molecule has 3 nitrogen and oxygen atoms in total. The van der Waals surface area contributed by atoms with E-state index in [1.54, 1.807) is 14.2 Å². The largest absolute Gasteiger partial charge is 0.496 e. The molecule has 110 valence electrons. The molecule has 0 atom stereocenters. The summed E-state index contributed by atoms with van der Waals surface area (Å²) in [7, 11) is 3.18. The molecular formula is C17H17BrO3. The molecule has 0 unspecified atom stereocenters. The minimum atomic E-state index is -0.00273. The highest BCUT2D eigenvalue weighted by molar-refractivity contribution is 9.10. The number of halogens is 1. The van der Waals surface area contributed by atoms with Gasteiger partial charge in [-0.2, -0.15) is 0 Å². The Kier molecular flexibility index (Phi) is 5.02. The Balaban J connectivity index is 2.34. The second-order valence-electron chi connectivity index (χ2n) is 4.71. The number of benzene rings is 2. The summed E-state index contributed by atoms with van der Waals surface area (Å²) in [4.78, 5) is 12.6. The van der Waals surface area contributed by atoms with Crippen LogP contribution in [0.3, 0.4) is 0 Å². The summed E-state index contributed by atoms with van der Waals surface area (Å²) in [6.07, 6.45) is 0.274. The van der Waals surface area contributed by atoms with E-state index in [2.05, 4.69) is 15.9 Å². The molecule has 0 bridgehead atoms. The van der Waals surface area contributed by atoms with Gasteiger partial charge in [-0.15, -0.1) is 0 Å². The molecule has 0 N–H and O–H groups in total. The van der Waals surface area contributed by atoms with Crippen molar-refractivity contribution in [1.29, 1.82) is 0 Å². The van der Waals surface area contributed by atoms with Gasteiger partial charge in [-0.3, -0.25) is 4.79 Å². The first kappa shape index (κ1) is 15.6. The van der Waals surface area contributed by atoms with Crippen LogP contribution < -0.4 is 9.47 Å². The molecular weight excluding hydrogens is 332 g/mol. The minimum Gasteiger partial charge on any atom is -0.496 e. The Morgan fingerprint density at radius 2 is 1.76 bits per heavy atom. The number of hydrogen-bond donors (Lipinski definition) is 0. The third-order valence-corrected chi connectivity index (χ3v) is 4.18. The zero-order valence-corrected chi connectivity index (χ0v) is 13.9. The van der Waals surface area contributed by atoms with Gasteiger partial charge >= 0.3 is 0 Å². The van der Waals surface area contributed by atoms with E-state index < -0.39 is 0 Å². The number of carbonyl (C=O) groups is 1. The van der Waals surface area contributed by atoms with E-state index in [1.165, 1.54) is 0 Å². The first-order valence-electron chi connectivity index (χ1n) is 6.56. The van der Waals surface area contributed by atoms with Crippen molar-refractivity contribution in [3.63, 3.8) is 0 Å². The fraction of sp³-hybridized carbons (Fsp3) is 0.235. The molecule has 0 heterocycles. The number of Topliss-reactive ketones (excluding diaryl/α,β-unsaturated/α-hetero) is 1. The van der Waals surface area contributed by atoms with Crippen LogP contribution >= 0.6 is 15.9 Å². The smallest absolute Gasteiger partial charge is 0.171 e. The normalized spacial score (nSPS) is 10.3. The van der Waals surface area contributed by atoms with Gasteiger partial charge in [0.15, 0.2) is 5.78 Å². The number of para-hydroxylation sites is 1. The van der Waals surface area contributed by atoms with Crippen molar-refractivity contribution >= 4 is 21.7 Å². The summed E-state index contributed by atoms with van der Waals surface area (Å²) >= 11 is 3.46. The summed E-state index contributed by atoms with van der Waals surface area (Å²) < 4.78 is 11.5. The highest BCUT2D eigenvalue weighted by atomic mass is 79.9. The molecule has 2 aromatic rings. The number of methoxy groups -OCH3 is 2. The Morgan fingerprint density at radius 3 is 2.43 bits per heavy atom. The summed E-state index contributed by atoms with van der Waals surface area (Å²) in [5.74, 6) is 1.31. The fourth-order valence-corrected chi connectivity index (χ4v) is 2.50. The van der Waals surface area contributed by atoms with Crippen LogP contribution in [0.15, 0.2) is 40.9 Å². The molecule has 0 aromatic heterocycles. The van der Waals surface area contributed by atoms with Gasteiger partial charge in [0, 0.05) is 16.5 Å². The van der Waals surface area contributed by atoms with Crippen molar-refractivity contribution in [1.82, 2.24) is 0 Å². The molecule has 0 aliphatic heterocycles. The van der Waals surface area contributed by atoms with Crippen LogP contribution in [0.25, 0.3) is 0 Å². The molecule has 0 aliphatic carbocycles. The number of aryl methyl sites for hydroxylation is 1.